The van der Waals surface area contributed by atoms with Crippen molar-refractivity contribution in [1.29, 1.82) is 0 Å². The highest BCUT2D eigenvalue weighted by molar-refractivity contribution is 6.42. The van der Waals surface area contributed by atoms with E-state index in [1.165, 1.54) is 7.11 Å². The molecule has 1 aliphatic heterocycles. The summed E-state index contributed by atoms with van der Waals surface area (Å²) in [4.78, 5) is 11.7. The van der Waals surface area contributed by atoms with Gasteiger partial charge in [-0.05, 0) is 6.42 Å². The lowest BCUT2D eigenvalue weighted by Gasteiger charge is -2.29. The summed E-state index contributed by atoms with van der Waals surface area (Å²) in [6.45, 7) is 0.457. The van der Waals surface area contributed by atoms with E-state index in [4.69, 9.17) is 37.4 Å². The number of methoxy groups -OCH3 is 1. The third kappa shape index (κ3) is 3.90. The normalized spacial score (nSPS) is 15.2. The van der Waals surface area contributed by atoms with E-state index in [9.17, 15) is 18.0 Å². The van der Waals surface area contributed by atoms with Crippen LogP contribution in [0.3, 0.4) is 0 Å². The van der Waals surface area contributed by atoms with Crippen molar-refractivity contribution in [3.05, 3.63) is 22.2 Å². The van der Waals surface area contributed by atoms with E-state index < -0.39 is 18.1 Å². The molecule has 0 saturated heterocycles. The fraction of sp³-hybridized carbons (Fsp3) is 0.462. The van der Waals surface area contributed by atoms with E-state index in [2.05, 4.69) is 5.32 Å². The molecule has 0 atom stereocenters. The molecule has 0 aromatic heterocycles. The van der Waals surface area contributed by atoms with Gasteiger partial charge in [-0.25, -0.2) is 4.79 Å². The standard InChI is InChI=1S/C13H13Cl2F3N2O4/c1-22-4-2-3-19-11(21)20-13(12(16,17)18)23-9-5-7(14)8(15)6-10(9)24-13/h5-6H,2-4H2,1H3,(H2,19,20,21). The summed E-state index contributed by atoms with van der Waals surface area (Å²) in [6.07, 6.45) is -4.63. The number of nitrogens with one attached hydrogen (secondary N) is 2. The van der Waals surface area contributed by atoms with Crippen LogP contribution in [0.25, 0.3) is 0 Å². The van der Waals surface area contributed by atoms with Gasteiger partial charge in [0.25, 0.3) is 0 Å². The molecule has 2 rings (SSSR count). The van der Waals surface area contributed by atoms with E-state index >= 15 is 0 Å². The summed E-state index contributed by atoms with van der Waals surface area (Å²) in [5.41, 5.74) is 0. The van der Waals surface area contributed by atoms with Crippen LogP contribution in [-0.4, -0.2) is 38.4 Å². The van der Waals surface area contributed by atoms with Crippen LogP contribution >= 0.6 is 23.2 Å². The summed E-state index contributed by atoms with van der Waals surface area (Å²) in [6, 6.07) is 1.03. The summed E-state index contributed by atoms with van der Waals surface area (Å²) < 4.78 is 54.6. The number of fused-ring (bicyclic) bond motifs is 1. The van der Waals surface area contributed by atoms with Gasteiger partial charge >= 0.3 is 18.1 Å². The molecule has 0 bridgehead atoms. The van der Waals surface area contributed by atoms with Crippen molar-refractivity contribution in [2.24, 2.45) is 0 Å². The van der Waals surface area contributed by atoms with Gasteiger partial charge in [0.2, 0.25) is 0 Å². The van der Waals surface area contributed by atoms with Crippen LogP contribution < -0.4 is 20.1 Å². The van der Waals surface area contributed by atoms with E-state index in [0.29, 0.717) is 13.0 Å². The molecule has 0 radical (unpaired) electrons. The summed E-state index contributed by atoms with van der Waals surface area (Å²) in [5.74, 6) is -3.95. The predicted molar refractivity (Wildman–Crippen MR) is 79.5 cm³/mol. The molecule has 2 amide bonds. The Bertz CT molecular complexity index is 597. The van der Waals surface area contributed by atoms with Gasteiger partial charge in [0, 0.05) is 32.4 Å². The molecular formula is C13H13Cl2F3N2O4. The minimum absolute atomic E-state index is 0.0130. The van der Waals surface area contributed by atoms with E-state index in [1.54, 1.807) is 5.32 Å². The van der Waals surface area contributed by atoms with Crippen LogP contribution in [-0.2, 0) is 4.74 Å². The fourth-order valence-electron chi connectivity index (χ4n) is 1.85. The average molecular weight is 389 g/mol. The molecule has 0 spiro atoms. The zero-order valence-electron chi connectivity index (χ0n) is 12.3. The quantitative estimate of drug-likeness (QED) is 0.759. The number of rotatable bonds is 5. The van der Waals surface area contributed by atoms with E-state index in [1.807, 2.05) is 0 Å². The molecular weight excluding hydrogens is 376 g/mol. The van der Waals surface area contributed by atoms with Gasteiger partial charge in [0.15, 0.2) is 11.5 Å². The van der Waals surface area contributed by atoms with Crippen LogP contribution in [0.15, 0.2) is 12.1 Å². The second kappa shape index (κ2) is 7.12. The number of alkyl halides is 3. The van der Waals surface area contributed by atoms with Gasteiger partial charge in [0.1, 0.15) is 0 Å². The average Bonchev–Trinajstić information content (AvgIpc) is 2.82. The first kappa shape index (κ1) is 18.8. The van der Waals surface area contributed by atoms with Crippen LogP contribution in [0.5, 0.6) is 11.5 Å². The predicted octanol–water partition coefficient (Wildman–Crippen LogP) is 3.32. The molecule has 11 heteroatoms. The molecule has 24 heavy (non-hydrogen) atoms. The van der Waals surface area contributed by atoms with Gasteiger partial charge in [0.05, 0.1) is 10.0 Å². The van der Waals surface area contributed by atoms with Gasteiger partial charge in [-0.15, -0.1) is 0 Å². The Balaban J connectivity index is 2.14. The Labute approximate surface area is 145 Å². The Kier molecular flexibility index (Phi) is 5.56. The summed E-state index contributed by atoms with van der Waals surface area (Å²) in [5, 5.41) is 3.87. The fourth-order valence-corrected chi connectivity index (χ4v) is 2.16. The minimum atomic E-state index is -5.06. The van der Waals surface area contributed by atoms with Crippen LogP contribution in [0.1, 0.15) is 6.42 Å². The molecule has 0 saturated carbocycles. The molecule has 0 aliphatic carbocycles. The Morgan fingerprint density at radius 3 is 2.25 bits per heavy atom. The lowest BCUT2D eigenvalue weighted by Crippen LogP contribution is -2.66. The highest BCUT2D eigenvalue weighted by Gasteiger charge is 2.65. The first-order valence-electron chi connectivity index (χ1n) is 6.67. The monoisotopic (exact) mass is 388 g/mol. The van der Waals surface area contributed by atoms with Crippen molar-refractivity contribution in [2.45, 2.75) is 18.5 Å². The summed E-state index contributed by atoms with van der Waals surface area (Å²) in [7, 11) is 1.46. The number of hydrogen-bond donors (Lipinski definition) is 2. The lowest BCUT2D eigenvalue weighted by atomic mass is 10.3. The van der Waals surface area contributed by atoms with E-state index in [0.717, 1.165) is 12.1 Å². The molecule has 2 N–H and O–H groups in total. The minimum Gasteiger partial charge on any atom is -0.424 e. The Hall–Kier alpha value is -1.58. The molecule has 0 fully saturated rings. The highest BCUT2D eigenvalue weighted by Crippen LogP contribution is 2.47. The van der Waals surface area contributed by atoms with Crippen molar-refractivity contribution in [1.82, 2.24) is 10.6 Å². The van der Waals surface area contributed by atoms with Gasteiger partial charge in [-0.1, -0.05) is 23.2 Å². The first-order chi connectivity index (χ1) is 11.2. The first-order valence-corrected chi connectivity index (χ1v) is 7.43. The van der Waals surface area contributed by atoms with Crippen molar-refractivity contribution in [3.8, 4) is 11.5 Å². The lowest BCUT2D eigenvalue weighted by molar-refractivity contribution is -0.317. The number of carbonyl (C=O) groups excluding carboxylic acids is 1. The van der Waals surface area contributed by atoms with Gasteiger partial charge < -0.3 is 19.5 Å². The number of amides is 2. The topological polar surface area (TPSA) is 68.8 Å². The van der Waals surface area contributed by atoms with Gasteiger partial charge in [-0.3, -0.25) is 5.32 Å². The van der Waals surface area contributed by atoms with Crippen molar-refractivity contribution >= 4 is 29.2 Å². The smallest absolute Gasteiger partial charge is 0.424 e. The number of benzene rings is 1. The maximum atomic E-state index is 13.4. The van der Waals surface area contributed by atoms with Crippen molar-refractivity contribution in [2.75, 3.05) is 20.3 Å². The molecule has 0 unspecified atom stereocenters. The third-order valence-corrected chi connectivity index (χ3v) is 3.68. The van der Waals surface area contributed by atoms with Crippen molar-refractivity contribution in [3.63, 3.8) is 0 Å². The van der Waals surface area contributed by atoms with E-state index in [-0.39, 0.29) is 28.1 Å². The summed E-state index contributed by atoms with van der Waals surface area (Å²) >= 11 is 11.5. The highest BCUT2D eigenvalue weighted by atomic mass is 35.5. The van der Waals surface area contributed by atoms with Crippen molar-refractivity contribution < 1.29 is 32.2 Å². The third-order valence-electron chi connectivity index (χ3n) is 2.96. The molecule has 1 heterocycles. The number of carbonyl (C=O) groups is 1. The van der Waals surface area contributed by atoms with Crippen LogP contribution in [0.2, 0.25) is 10.0 Å². The number of urea groups is 1. The zero-order valence-corrected chi connectivity index (χ0v) is 13.8. The molecule has 6 nitrogen and oxygen atoms in total. The molecule has 1 aromatic rings. The maximum absolute atomic E-state index is 13.4. The second-order valence-electron chi connectivity index (χ2n) is 4.76. The molecule has 1 aliphatic rings. The number of halogens is 5. The number of hydrogen-bond acceptors (Lipinski definition) is 4. The second-order valence-corrected chi connectivity index (χ2v) is 5.57. The zero-order chi connectivity index (χ0) is 18.0. The van der Waals surface area contributed by atoms with Crippen LogP contribution in [0, 0.1) is 0 Å². The largest absolute Gasteiger partial charge is 0.492 e. The van der Waals surface area contributed by atoms with Crippen LogP contribution in [0.4, 0.5) is 18.0 Å². The number of ether oxygens (including phenoxy) is 3. The Morgan fingerprint density at radius 1 is 1.25 bits per heavy atom. The SMILES string of the molecule is COCCCNC(=O)NC1(C(F)(F)F)Oc2cc(Cl)c(Cl)cc2O1. The van der Waals surface area contributed by atoms with Gasteiger partial charge in [-0.2, -0.15) is 13.2 Å². The molecule has 1 aromatic carbocycles. The molecule has 134 valence electrons. The maximum Gasteiger partial charge on any atom is 0.492 e. The Morgan fingerprint density at radius 2 is 1.79 bits per heavy atom.